The van der Waals surface area contributed by atoms with Crippen molar-refractivity contribution >= 4 is 38.8 Å². The molecule has 6 heteroatoms. The van der Waals surface area contributed by atoms with Crippen molar-refractivity contribution < 1.29 is 9.53 Å². The van der Waals surface area contributed by atoms with Crippen LogP contribution in [-0.4, -0.2) is 24.5 Å². The van der Waals surface area contributed by atoms with Crippen LogP contribution in [-0.2, 0) is 4.74 Å². The van der Waals surface area contributed by atoms with E-state index in [4.69, 9.17) is 4.74 Å². The number of carbonyl (C=O) groups excluding carboxylic acids is 1. The molecule has 0 bridgehead atoms. The summed E-state index contributed by atoms with van der Waals surface area (Å²) < 4.78 is 6.43. The Balaban J connectivity index is 1.68. The van der Waals surface area contributed by atoms with Crippen LogP contribution in [0.3, 0.4) is 0 Å². The number of methoxy groups -OCH3 is 1. The number of aromatic nitrogens is 1. The molecule has 4 nitrogen and oxygen atoms in total. The average Bonchev–Trinajstić information content (AvgIpc) is 3.16. The van der Waals surface area contributed by atoms with Gasteiger partial charge in [-0.15, -0.1) is 11.3 Å². The van der Waals surface area contributed by atoms with E-state index in [1.54, 1.807) is 18.4 Å². The summed E-state index contributed by atoms with van der Waals surface area (Å²) in [5.74, 6) is -0.159. The van der Waals surface area contributed by atoms with Gasteiger partial charge in [0.15, 0.2) is 5.01 Å². The van der Waals surface area contributed by atoms with E-state index in [1.807, 2.05) is 41.1 Å². The first kappa shape index (κ1) is 14.2. The lowest BCUT2D eigenvalue weighted by molar-refractivity contribution is 0.0829. The van der Waals surface area contributed by atoms with Gasteiger partial charge in [-0.2, -0.15) is 11.3 Å². The van der Waals surface area contributed by atoms with Crippen LogP contribution in [0.1, 0.15) is 21.5 Å². The molecule has 1 N–H and O–H groups in total. The summed E-state index contributed by atoms with van der Waals surface area (Å²) in [7, 11) is 1.65. The fourth-order valence-corrected chi connectivity index (χ4v) is 3.61. The van der Waals surface area contributed by atoms with Gasteiger partial charge in [0.25, 0.3) is 5.91 Å². The maximum atomic E-state index is 12.2. The largest absolute Gasteiger partial charge is 0.375 e. The SMILES string of the molecule is CO[C@@H](CNC(=O)c1nc2ccccc2s1)c1ccsc1. The summed E-state index contributed by atoms with van der Waals surface area (Å²) >= 11 is 3.01. The van der Waals surface area contributed by atoms with Gasteiger partial charge in [-0.1, -0.05) is 12.1 Å². The number of nitrogens with zero attached hydrogens (tertiary/aromatic N) is 1. The van der Waals surface area contributed by atoms with Gasteiger partial charge in [0, 0.05) is 13.7 Å². The quantitative estimate of drug-likeness (QED) is 0.783. The number of para-hydroxylation sites is 1. The van der Waals surface area contributed by atoms with Crippen LogP contribution in [0.25, 0.3) is 10.2 Å². The predicted octanol–water partition coefficient (Wildman–Crippen LogP) is 3.48. The number of hydrogen-bond donors (Lipinski definition) is 1. The van der Waals surface area contributed by atoms with Gasteiger partial charge in [0.2, 0.25) is 0 Å². The highest BCUT2D eigenvalue weighted by Crippen LogP contribution is 2.22. The fraction of sp³-hybridized carbons (Fsp3) is 0.200. The lowest BCUT2D eigenvalue weighted by Crippen LogP contribution is -2.28. The van der Waals surface area contributed by atoms with E-state index in [0.717, 1.165) is 15.8 Å². The Morgan fingerprint density at radius 3 is 2.95 bits per heavy atom. The Kier molecular flexibility index (Phi) is 4.28. The Morgan fingerprint density at radius 2 is 2.24 bits per heavy atom. The maximum absolute atomic E-state index is 12.2. The molecular formula is C15H14N2O2S2. The molecule has 3 aromatic rings. The second-order valence-corrected chi connectivity index (χ2v) is 6.29. The Bertz CT molecular complexity index is 704. The Hall–Kier alpha value is -1.76. The van der Waals surface area contributed by atoms with E-state index in [1.165, 1.54) is 11.3 Å². The molecule has 108 valence electrons. The molecule has 1 atom stereocenters. The number of benzene rings is 1. The van der Waals surface area contributed by atoms with Crippen molar-refractivity contribution in [2.75, 3.05) is 13.7 Å². The number of hydrogen-bond acceptors (Lipinski definition) is 5. The molecule has 0 saturated heterocycles. The van der Waals surface area contributed by atoms with Crippen molar-refractivity contribution in [3.8, 4) is 0 Å². The molecule has 0 aliphatic rings. The van der Waals surface area contributed by atoms with Crippen molar-refractivity contribution in [2.45, 2.75) is 6.10 Å². The average molecular weight is 318 g/mol. The predicted molar refractivity (Wildman–Crippen MR) is 86.0 cm³/mol. The van der Waals surface area contributed by atoms with Crippen LogP contribution in [0.2, 0.25) is 0 Å². The summed E-state index contributed by atoms with van der Waals surface area (Å²) in [6.07, 6.45) is -0.130. The van der Waals surface area contributed by atoms with Gasteiger partial charge < -0.3 is 10.1 Å². The fourth-order valence-electron chi connectivity index (χ4n) is 2.03. The molecule has 0 saturated carbocycles. The van der Waals surface area contributed by atoms with Crippen LogP contribution in [0, 0.1) is 0 Å². The lowest BCUT2D eigenvalue weighted by atomic mass is 10.2. The zero-order valence-corrected chi connectivity index (χ0v) is 13.0. The van der Waals surface area contributed by atoms with E-state index in [0.29, 0.717) is 11.6 Å². The molecule has 0 fully saturated rings. The number of rotatable bonds is 5. The minimum Gasteiger partial charge on any atom is -0.375 e. The van der Waals surface area contributed by atoms with Crippen molar-refractivity contribution in [1.29, 1.82) is 0 Å². The normalized spacial score (nSPS) is 12.4. The van der Waals surface area contributed by atoms with Crippen molar-refractivity contribution in [3.63, 3.8) is 0 Å². The summed E-state index contributed by atoms with van der Waals surface area (Å²) in [6.45, 7) is 0.433. The number of fused-ring (bicyclic) bond motifs is 1. The smallest absolute Gasteiger partial charge is 0.280 e. The Labute approximate surface area is 130 Å². The topological polar surface area (TPSA) is 51.2 Å². The second kappa shape index (κ2) is 6.34. The first-order valence-electron chi connectivity index (χ1n) is 6.46. The maximum Gasteiger partial charge on any atom is 0.280 e. The van der Waals surface area contributed by atoms with E-state index in [-0.39, 0.29) is 12.0 Å². The monoisotopic (exact) mass is 318 g/mol. The molecule has 0 aliphatic heterocycles. The standard InChI is InChI=1S/C15H14N2O2S2/c1-19-12(10-6-7-20-9-10)8-16-14(18)15-17-11-4-2-3-5-13(11)21-15/h2-7,9,12H,8H2,1H3,(H,16,18)/t12-/m0/s1. The lowest BCUT2D eigenvalue weighted by Gasteiger charge is -2.14. The van der Waals surface area contributed by atoms with E-state index in [9.17, 15) is 4.79 Å². The van der Waals surface area contributed by atoms with Gasteiger partial charge in [0.1, 0.15) is 6.10 Å². The van der Waals surface area contributed by atoms with Crippen molar-refractivity contribution in [3.05, 3.63) is 51.7 Å². The molecule has 0 aliphatic carbocycles. The first-order valence-corrected chi connectivity index (χ1v) is 8.22. The van der Waals surface area contributed by atoms with Crippen LogP contribution < -0.4 is 5.32 Å². The number of thiazole rings is 1. The summed E-state index contributed by atoms with van der Waals surface area (Å²) in [5.41, 5.74) is 1.93. The summed E-state index contributed by atoms with van der Waals surface area (Å²) in [4.78, 5) is 16.5. The minimum atomic E-state index is -0.159. The molecule has 21 heavy (non-hydrogen) atoms. The van der Waals surface area contributed by atoms with Gasteiger partial charge >= 0.3 is 0 Å². The molecule has 2 aromatic heterocycles. The highest BCUT2D eigenvalue weighted by molar-refractivity contribution is 7.20. The van der Waals surface area contributed by atoms with Crippen LogP contribution in [0.15, 0.2) is 41.1 Å². The third-order valence-corrected chi connectivity index (χ3v) is 4.87. The van der Waals surface area contributed by atoms with Crippen LogP contribution >= 0.6 is 22.7 Å². The summed E-state index contributed by atoms with van der Waals surface area (Å²) in [5, 5.41) is 7.39. The van der Waals surface area contributed by atoms with Crippen LogP contribution in [0.5, 0.6) is 0 Å². The van der Waals surface area contributed by atoms with E-state index in [2.05, 4.69) is 10.3 Å². The molecule has 3 rings (SSSR count). The molecular weight excluding hydrogens is 304 g/mol. The van der Waals surface area contributed by atoms with Crippen LogP contribution in [0.4, 0.5) is 0 Å². The molecule has 2 heterocycles. The number of thiophene rings is 1. The first-order chi connectivity index (χ1) is 10.3. The van der Waals surface area contributed by atoms with E-state index < -0.39 is 0 Å². The third kappa shape index (κ3) is 3.12. The minimum absolute atomic E-state index is 0.130. The molecule has 1 amide bonds. The number of amides is 1. The second-order valence-electron chi connectivity index (χ2n) is 4.48. The zero-order chi connectivity index (χ0) is 14.7. The number of nitrogens with one attached hydrogen (secondary N) is 1. The highest BCUT2D eigenvalue weighted by atomic mass is 32.1. The van der Waals surface area contributed by atoms with Crippen molar-refractivity contribution in [1.82, 2.24) is 10.3 Å². The number of carbonyl (C=O) groups is 1. The zero-order valence-electron chi connectivity index (χ0n) is 11.4. The van der Waals surface area contributed by atoms with E-state index >= 15 is 0 Å². The summed E-state index contributed by atoms with van der Waals surface area (Å²) in [6, 6.07) is 9.74. The van der Waals surface area contributed by atoms with Gasteiger partial charge in [0.05, 0.1) is 10.2 Å². The molecule has 0 unspecified atom stereocenters. The Morgan fingerprint density at radius 1 is 1.38 bits per heavy atom. The molecule has 1 aromatic carbocycles. The molecule has 0 radical (unpaired) electrons. The molecule has 0 spiro atoms. The van der Waals surface area contributed by atoms with Gasteiger partial charge in [-0.25, -0.2) is 4.98 Å². The van der Waals surface area contributed by atoms with Gasteiger partial charge in [-0.05, 0) is 34.5 Å². The highest BCUT2D eigenvalue weighted by Gasteiger charge is 2.16. The van der Waals surface area contributed by atoms with Crippen molar-refractivity contribution in [2.24, 2.45) is 0 Å². The number of ether oxygens (including phenoxy) is 1. The third-order valence-electron chi connectivity index (χ3n) is 3.14. The van der Waals surface area contributed by atoms with Gasteiger partial charge in [-0.3, -0.25) is 4.79 Å².